The van der Waals surface area contributed by atoms with Gasteiger partial charge in [-0.3, -0.25) is 9.97 Å². The van der Waals surface area contributed by atoms with E-state index in [9.17, 15) is 9.90 Å². The molecule has 1 aromatic carbocycles. The third-order valence-corrected chi connectivity index (χ3v) is 11.4. The van der Waals surface area contributed by atoms with Crippen molar-refractivity contribution in [3.63, 3.8) is 0 Å². The summed E-state index contributed by atoms with van der Waals surface area (Å²) in [6.07, 6.45) is 5.09. The highest BCUT2D eigenvalue weighted by Gasteiger charge is 3.04. The average Bonchev–Trinajstić information content (AvgIpc) is 3.81. The van der Waals surface area contributed by atoms with Crippen LogP contribution in [0, 0.1) is 17.3 Å². The van der Waals surface area contributed by atoms with E-state index in [1.807, 2.05) is 18.2 Å². The van der Waals surface area contributed by atoms with Crippen molar-refractivity contribution < 1.29 is 28.8 Å². The third-order valence-electron chi connectivity index (χ3n) is 11.4. The van der Waals surface area contributed by atoms with E-state index in [-0.39, 0.29) is 48.1 Å². The number of anilines is 1. The Hall–Kier alpha value is -2.59. The molecule has 198 valence electrons. The number of esters is 1. The van der Waals surface area contributed by atoms with Gasteiger partial charge in [-0.2, -0.15) is 0 Å². The molecule has 3 saturated heterocycles. The Balaban J connectivity index is 1.14. The van der Waals surface area contributed by atoms with Gasteiger partial charge in [0.05, 0.1) is 17.1 Å². The van der Waals surface area contributed by atoms with Gasteiger partial charge in [-0.15, -0.1) is 0 Å². The van der Waals surface area contributed by atoms with Crippen LogP contribution in [-0.4, -0.2) is 74.9 Å². The van der Waals surface area contributed by atoms with Crippen molar-refractivity contribution >= 4 is 22.7 Å². The minimum atomic E-state index is -1.32. The summed E-state index contributed by atoms with van der Waals surface area (Å²) in [6, 6.07) is 5.86. The van der Waals surface area contributed by atoms with Gasteiger partial charge >= 0.3 is 5.97 Å². The number of carbonyl (C=O) groups excluding carboxylic acids is 1. The zero-order valence-corrected chi connectivity index (χ0v) is 21.7. The van der Waals surface area contributed by atoms with E-state index in [4.69, 9.17) is 18.9 Å². The number of rotatable bonds is 4. The van der Waals surface area contributed by atoms with E-state index in [2.05, 4.69) is 36.1 Å². The molecule has 3 aliphatic carbocycles. The molecule has 4 aliphatic heterocycles. The first-order valence-corrected chi connectivity index (χ1v) is 13.8. The summed E-state index contributed by atoms with van der Waals surface area (Å²) in [7, 11) is 0. The van der Waals surface area contributed by atoms with E-state index in [0.717, 1.165) is 40.7 Å². The second-order valence-electron chi connectivity index (χ2n) is 12.9. The Bertz CT molecular complexity index is 1490. The van der Waals surface area contributed by atoms with E-state index in [1.54, 1.807) is 12.4 Å². The molecule has 0 unspecified atom stereocenters. The molecule has 38 heavy (non-hydrogen) atoms. The molecule has 9 nitrogen and oxygen atoms in total. The summed E-state index contributed by atoms with van der Waals surface area (Å²) in [5.74, 6) is 0.0234. The van der Waals surface area contributed by atoms with Crippen LogP contribution in [0.1, 0.15) is 40.0 Å². The summed E-state index contributed by atoms with van der Waals surface area (Å²) in [5.41, 5.74) is 0.526. The highest BCUT2D eigenvalue weighted by molar-refractivity contribution is 5.92. The predicted molar refractivity (Wildman–Crippen MR) is 134 cm³/mol. The number of hydrogen-bond acceptors (Lipinski definition) is 9. The molecule has 5 heterocycles. The number of aliphatic hydroxyl groups is 1. The van der Waals surface area contributed by atoms with Crippen molar-refractivity contribution in [2.24, 2.45) is 17.3 Å². The van der Waals surface area contributed by atoms with Crippen LogP contribution in [0.4, 0.5) is 5.69 Å². The molecule has 9 rings (SSSR count). The van der Waals surface area contributed by atoms with E-state index < -0.39 is 22.4 Å². The number of aromatic nitrogens is 2. The van der Waals surface area contributed by atoms with Gasteiger partial charge in [0.25, 0.3) is 0 Å². The molecular formula is C29H31N3O6. The number of ether oxygens (including phenoxy) is 4. The van der Waals surface area contributed by atoms with E-state index in [1.165, 1.54) is 0 Å². The first kappa shape index (κ1) is 22.2. The zero-order chi connectivity index (χ0) is 25.9. The van der Waals surface area contributed by atoms with Gasteiger partial charge in [-0.05, 0) is 54.9 Å². The van der Waals surface area contributed by atoms with Crippen LogP contribution >= 0.6 is 0 Å². The lowest BCUT2D eigenvalue weighted by atomic mass is 9.44. The number of nitrogens with zero attached hydrogens (tertiary/aromatic N) is 2. The quantitative estimate of drug-likeness (QED) is 0.465. The highest BCUT2D eigenvalue weighted by atomic mass is 16.7. The fourth-order valence-electron chi connectivity index (χ4n) is 9.65. The molecule has 7 aliphatic rings. The fraction of sp³-hybridized carbons (Fsp3) is 0.621. The second kappa shape index (κ2) is 6.41. The smallest absolute Gasteiger partial charge is 0.334 e. The van der Waals surface area contributed by atoms with Gasteiger partial charge in [0.2, 0.25) is 0 Å². The maximum absolute atomic E-state index is 13.0. The van der Waals surface area contributed by atoms with Gasteiger partial charge in [0, 0.05) is 35.6 Å². The van der Waals surface area contributed by atoms with E-state index >= 15 is 0 Å². The van der Waals surface area contributed by atoms with Crippen LogP contribution in [0.5, 0.6) is 0 Å². The highest BCUT2D eigenvalue weighted by Crippen LogP contribution is 2.85. The maximum atomic E-state index is 13.0. The summed E-state index contributed by atoms with van der Waals surface area (Å²) in [4.78, 5) is 21.2. The number of cyclic esters (lactones) is 1. The Kier molecular flexibility index (Phi) is 3.75. The Morgan fingerprint density at radius 3 is 2.74 bits per heavy atom. The number of benzene rings is 1. The van der Waals surface area contributed by atoms with Crippen molar-refractivity contribution in [1.29, 1.82) is 0 Å². The van der Waals surface area contributed by atoms with E-state index in [0.29, 0.717) is 13.0 Å². The standard InChI is InChI=1S/C29H31N3O6/c1-14(2)27-22(37-27)23-29(38-23)25(3)7-6-16-17(12-35-24(16)33)18(25)11-21-28(29,36-21)26(27,34)13-32-15-4-5-19-20(10-15)31-9-8-30-19/h4-5,8-10,14,18,21-23,32,34H,6-7,11-13H2,1-3H3/t18-,21-,22-,23-,25-,26-,27-,28+,29+/m0/s1. The normalized spacial score (nSPS) is 48.8. The van der Waals surface area contributed by atoms with Crippen LogP contribution in [0.3, 0.4) is 0 Å². The van der Waals surface area contributed by atoms with Gasteiger partial charge in [0.15, 0.2) is 5.60 Å². The molecule has 9 atom stereocenters. The number of epoxide rings is 3. The molecule has 2 N–H and O–H groups in total. The van der Waals surface area contributed by atoms with Gasteiger partial charge in [-0.25, -0.2) is 4.79 Å². The molecule has 9 heteroatoms. The monoisotopic (exact) mass is 517 g/mol. The molecule has 2 saturated carbocycles. The minimum Gasteiger partial charge on any atom is -0.458 e. The van der Waals surface area contributed by atoms with Crippen LogP contribution in [0.2, 0.25) is 0 Å². The van der Waals surface area contributed by atoms with Crippen molar-refractivity contribution in [1.82, 2.24) is 9.97 Å². The number of hydrogen-bond donors (Lipinski definition) is 2. The van der Waals surface area contributed by atoms with Crippen LogP contribution < -0.4 is 5.32 Å². The first-order valence-electron chi connectivity index (χ1n) is 13.8. The van der Waals surface area contributed by atoms with Crippen LogP contribution in [-0.2, 0) is 23.7 Å². The maximum Gasteiger partial charge on any atom is 0.334 e. The fourth-order valence-corrected chi connectivity index (χ4v) is 9.65. The summed E-state index contributed by atoms with van der Waals surface area (Å²) in [6.45, 7) is 7.14. The lowest BCUT2D eigenvalue weighted by Crippen LogP contribution is -2.77. The summed E-state index contributed by atoms with van der Waals surface area (Å²) < 4.78 is 25.5. The lowest BCUT2D eigenvalue weighted by Gasteiger charge is -2.56. The molecule has 0 amide bonds. The zero-order valence-electron chi connectivity index (χ0n) is 21.7. The molecule has 1 aromatic heterocycles. The number of fused-ring (bicyclic) bond motifs is 5. The molecule has 0 radical (unpaired) electrons. The molecular weight excluding hydrogens is 486 g/mol. The minimum absolute atomic E-state index is 0.0650. The van der Waals surface area contributed by atoms with Crippen LogP contribution in [0.25, 0.3) is 11.0 Å². The van der Waals surface area contributed by atoms with Gasteiger partial charge < -0.3 is 29.4 Å². The van der Waals surface area contributed by atoms with Crippen molar-refractivity contribution in [2.75, 3.05) is 18.5 Å². The summed E-state index contributed by atoms with van der Waals surface area (Å²) in [5, 5.41) is 16.5. The van der Waals surface area contributed by atoms with Crippen molar-refractivity contribution in [2.45, 2.75) is 80.7 Å². The molecule has 0 bridgehead atoms. The average molecular weight is 518 g/mol. The van der Waals surface area contributed by atoms with Crippen molar-refractivity contribution in [3.8, 4) is 0 Å². The van der Waals surface area contributed by atoms with Crippen LogP contribution in [0.15, 0.2) is 41.7 Å². The largest absolute Gasteiger partial charge is 0.458 e. The molecule has 2 aromatic rings. The third kappa shape index (κ3) is 2.10. The SMILES string of the molecule is CC(C)[C@]12O[C@H]1[C@@H]1O[C@]13[C@]1(O[C@H]1C[C@H]1C4=C(CC[C@@]13C)C(=O)OC4)[C@]2(O)CNc1ccc2nccnc2c1. The topological polar surface area (TPSA) is 122 Å². The Labute approximate surface area is 219 Å². The predicted octanol–water partition coefficient (Wildman–Crippen LogP) is 2.53. The Morgan fingerprint density at radius 2 is 1.92 bits per heavy atom. The second-order valence-corrected chi connectivity index (χ2v) is 12.9. The summed E-state index contributed by atoms with van der Waals surface area (Å²) >= 11 is 0. The first-order chi connectivity index (χ1) is 18.2. The lowest BCUT2D eigenvalue weighted by molar-refractivity contribution is -0.159. The van der Waals surface area contributed by atoms with Crippen molar-refractivity contribution in [3.05, 3.63) is 41.7 Å². The number of carbonyl (C=O) groups is 1. The molecule has 2 spiro atoms. The number of nitrogens with one attached hydrogen (secondary N) is 1. The molecule has 5 fully saturated rings. The van der Waals surface area contributed by atoms with Gasteiger partial charge in [-0.1, -0.05) is 20.8 Å². The van der Waals surface area contributed by atoms with Gasteiger partial charge in [0.1, 0.15) is 35.6 Å². The Morgan fingerprint density at radius 1 is 1.11 bits per heavy atom.